The summed E-state index contributed by atoms with van der Waals surface area (Å²) >= 11 is 5.96. The summed E-state index contributed by atoms with van der Waals surface area (Å²) in [6, 6.07) is 19.6. The molecule has 3 atom stereocenters. The summed E-state index contributed by atoms with van der Waals surface area (Å²) in [6.07, 6.45) is 11.0. The lowest BCUT2D eigenvalue weighted by Gasteiger charge is -2.40. The average Bonchev–Trinajstić information content (AvgIpc) is 2.84. The lowest BCUT2D eigenvalue weighted by atomic mass is 9.87. The van der Waals surface area contributed by atoms with Crippen LogP contribution >= 0.6 is 11.6 Å². The molecule has 2 heterocycles. The minimum atomic E-state index is -1.16. The second-order valence-electron chi connectivity index (χ2n) is 9.02. The molecule has 0 radical (unpaired) electrons. The van der Waals surface area contributed by atoms with Gasteiger partial charge >= 0.3 is 0 Å². The Morgan fingerprint density at radius 2 is 1.55 bits per heavy atom. The molecule has 0 aromatic heterocycles. The highest BCUT2D eigenvalue weighted by atomic mass is 35.5. The third-order valence-electron chi connectivity index (χ3n) is 6.78. The molecule has 3 unspecified atom stereocenters. The molecule has 5 heteroatoms. The zero-order chi connectivity index (χ0) is 23.5. The number of aldehydes is 1. The molecule has 180 valence electrons. The van der Waals surface area contributed by atoms with E-state index in [0.717, 1.165) is 23.5 Å². The van der Waals surface area contributed by atoms with Crippen molar-refractivity contribution in [3.63, 3.8) is 0 Å². The van der Waals surface area contributed by atoms with Gasteiger partial charge in [-0.15, -0.1) is 0 Å². The zero-order valence-corrected chi connectivity index (χ0v) is 20.8. The Bertz CT molecular complexity index is 775. The Hall–Kier alpha value is -1.72. The Morgan fingerprint density at radius 3 is 2.09 bits per heavy atom. The van der Waals surface area contributed by atoms with Crippen LogP contribution in [0.2, 0.25) is 0 Å². The highest BCUT2D eigenvalue weighted by Gasteiger charge is 2.36. The van der Waals surface area contributed by atoms with Crippen LogP contribution in [0.4, 0.5) is 0 Å². The highest BCUT2D eigenvalue weighted by molar-refractivity contribution is 6.19. The number of methoxy groups -OCH3 is 1. The van der Waals surface area contributed by atoms with E-state index in [1.165, 1.54) is 58.0 Å². The van der Waals surface area contributed by atoms with Crippen molar-refractivity contribution in [1.29, 1.82) is 0 Å². The van der Waals surface area contributed by atoms with Crippen LogP contribution in [0, 0.1) is 0 Å². The summed E-state index contributed by atoms with van der Waals surface area (Å²) < 4.78 is 11.2. The fraction of sp³-hybridized carbons (Fsp3) is 0.536. The lowest BCUT2D eigenvalue weighted by molar-refractivity contribution is -0.128. The summed E-state index contributed by atoms with van der Waals surface area (Å²) in [5.41, 5.74) is -0.207. The SMILES string of the molecule is CC(Cl)OC(C=O)(c1ccccc1)c1ccccc1.COC1CCN2CCCCCCC2C1. The predicted octanol–water partition coefficient (Wildman–Crippen LogP) is 6.16. The summed E-state index contributed by atoms with van der Waals surface area (Å²) in [4.78, 5) is 14.5. The topological polar surface area (TPSA) is 38.8 Å². The molecule has 0 N–H and O–H groups in total. The van der Waals surface area contributed by atoms with Crippen LogP contribution in [0.1, 0.15) is 63.0 Å². The number of ether oxygens (including phenoxy) is 2. The quantitative estimate of drug-likeness (QED) is 0.373. The van der Waals surface area contributed by atoms with E-state index in [1.54, 1.807) is 6.92 Å². The van der Waals surface area contributed by atoms with Gasteiger partial charge in [0.05, 0.1) is 6.10 Å². The number of rotatable bonds is 6. The normalized spacial score (nSPS) is 22.6. The van der Waals surface area contributed by atoms with Crippen LogP contribution in [-0.2, 0) is 19.9 Å². The molecule has 4 nitrogen and oxygen atoms in total. The van der Waals surface area contributed by atoms with Gasteiger partial charge in [-0.2, -0.15) is 0 Å². The lowest BCUT2D eigenvalue weighted by Crippen LogP contribution is -2.45. The van der Waals surface area contributed by atoms with Gasteiger partial charge < -0.3 is 14.4 Å². The largest absolute Gasteiger partial charge is 0.381 e. The minimum absolute atomic E-state index is 0.538. The summed E-state index contributed by atoms with van der Waals surface area (Å²) in [6.45, 7) is 4.30. The zero-order valence-electron chi connectivity index (χ0n) is 20.0. The molecule has 2 aliphatic rings. The van der Waals surface area contributed by atoms with Crippen LogP contribution < -0.4 is 0 Å². The van der Waals surface area contributed by atoms with E-state index in [2.05, 4.69) is 4.90 Å². The first-order chi connectivity index (χ1) is 16.1. The van der Waals surface area contributed by atoms with Crippen molar-refractivity contribution in [2.75, 3.05) is 20.2 Å². The number of nitrogens with zero attached hydrogens (tertiary/aromatic N) is 1. The third kappa shape index (κ3) is 7.13. The van der Waals surface area contributed by atoms with Crippen molar-refractivity contribution in [3.05, 3.63) is 71.8 Å². The van der Waals surface area contributed by atoms with Crippen LogP contribution in [0.15, 0.2) is 60.7 Å². The van der Waals surface area contributed by atoms with Gasteiger partial charge in [0.2, 0.25) is 0 Å². The maximum Gasteiger partial charge on any atom is 0.175 e. The highest BCUT2D eigenvalue weighted by Crippen LogP contribution is 2.33. The van der Waals surface area contributed by atoms with Crippen molar-refractivity contribution in [3.8, 4) is 0 Å². The fourth-order valence-corrected chi connectivity index (χ4v) is 5.15. The molecule has 2 aromatic rings. The van der Waals surface area contributed by atoms with Gasteiger partial charge in [-0.25, -0.2) is 0 Å². The first-order valence-corrected chi connectivity index (χ1v) is 12.7. The van der Waals surface area contributed by atoms with Gasteiger partial charge in [-0.05, 0) is 50.3 Å². The van der Waals surface area contributed by atoms with E-state index >= 15 is 0 Å². The fourth-order valence-electron chi connectivity index (χ4n) is 5.01. The number of benzene rings is 2. The Labute approximate surface area is 204 Å². The van der Waals surface area contributed by atoms with Crippen LogP contribution in [0.3, 0.4) is 0 Å². The Balaban J connectivity index is 0.000000194. The average molecular weight is 472 g/mol. The van der Waals surface area contributed by atoms with E-state index in [4.69, 9.17) is 21.1 Å². The molecule has 2 aliphatic heterocycles. The maximum atomic E-state index is 11.8. The van der Waals surface area contributed by atoms with Gasteiger partial charge in [0.15, 0.2) is 11.9 Å². The number of alkyl halides is 1. The van der Waals surface area contributed by atoms with Gasteiger partial charge in [0.25, 0.3) is 0 Å². The van der Waals surface area contributed by atoms with Gasteiger partial charge in [0.1, 0.15) is 5.56 Å². The van der Waals surface area contributed by atoms with Crippen molar-refractivity contribution in [1.82, 2.24) is 4.90 Å². The van der Waals surface area contributed by atoms with E-state index < -0.39 is 11.2 Å². The Kier molecular flexibility index (Phi) is 10.4. The first-order valence-electron chi connectivity index (χ1n) is 12.2. The molecular weight excluding hydrogens is 434 g/mol. The second-order valence-corrected chi connectivity index (χ2v) is 9.64. The number of piperidine rings is 1. The van der Waals surface area contributed by atoms with Gasteiger partial charge in [0, 0.05) is 19.7 Å². The smallest absolute Gasteiger partial charge is 0.175 e. The molecule has 2 fully saturated rings. The Morgan fingerprint density at radius 1 is 0.939 bits per heavy atom. The van der Waals surface area contributed by atoms with Crippen molar-refractivity contribution in [2.24, 2.45) is 0 Å². The summed E-state index contributed by atoms with van der Waals surface area (Å²) in [5.74, 6) is 0. The molecule has 4 rings (SSSR count). The summed E-state index contributed by atoms with van der Waals surface area (Å²) in [5, 5.41) is 0. The molecule has 0 aliphatic carbocycles. The monoisotopic (exact) mass is 471 g/mol. The van der Waals surface area contributed by atoms with E-state index in [9.17, 15) is 4.79 Å². The molecule has 0 spiro atoms. The third-order valence-corrected chi connectivity index (χ3v) is 6.86. The van der Waals surface area contributed by atoms with Crippen molar-refractivity contribution in [2.45, 2.75) is 75.2 Å². The molecule has 2 saturated heterocycles. The number of hydrogen-bond donors (Lipinski definition) is 0. The standard InChI is InChI=1S/C16H15ClO2.C12H23NO/c1-13(17)19-16(12-18,14-8-4-2-5-9-14)15-10-6-3-7-11-15;1-14-12-7-9-13-8-5-3-2-4-6-11(13)10-12/h2-13H,1H3;11-12H,2-10H2,1H3. The van der Waals surface area contributed by atoms with Gasteiger partial charge in [-0.1, -0.05) is 91.5 Å². The number of halogens is 1. The van der Waals surface area contributed by atoms with Crippen LogP contribution in [-0.4, -0.2) is 49.1 Å². The van der Waals surface area contributed by atoms with Crippen molar-refractivity contribution < 1.29 is 14.3 Å². The number of carbonyl (C=O) groups is 1. The summed E-state index contributed by atoms with van der Waals surface area (Å²) in [7, 11) is 1.86. The van der Waals surface area contributed by atoms with Crippen molar-refractivity contribution >= 4 is 17.9 Å². The second kappa shape index (κ2) is 13.2. The molecule has 2 aromatic carbocycles. The maximum absolute atomic E-state index is 11.8. The van der Waals surface area contributed by atoms with Crippen LogP contribution in [0.25, 0.3) is 0 Å². The number of fused-ring (bicyclic) bond motifs is 1. The van der Waals surface area contributed by atoms with E-state index in [1.807, 2.05) is 67.8 Å². The predicted molar refractivity (Wildman–Crippen MR) is 135 cm³/mol. The van der Waals surface area contributed by atoms with Crippen LogP contribution in [0.5, 0.6) is 0 Å². The number of hydrogen-bond acceptors (Lipinski definition) is 4. The molecule has 0 saturated carbocycles. The van der Waals surface area contributed by atoms with Gasteiger partial charge in [-0.3, -0.25) is 4.79 Å². The minimum Gasteiger partial charge on any atom is -0.381 e. The molecule has 33 heavy (non-hydrogen) atoms. The number of carbonyl (C=O) groups excluding carboxylic acids is 1. The molecular formula is C28H38ClNO3. The molecule has 0 bridgehead atoms. The molecule has 0 amide bonds. The van der Waals surface area contributed by atoms with E-state index in [-0.39, 0.29) is 0 Å². The van der Waals surface area contributed by atoms with E-state index in [0.29, 0.717) is 6.10 Å². The first kappa shape index (κ1) is 25.9.